The van der Waals surface area contributed by atoms with Crippen LogP contribution in [0, 0.1) is 0 Å². The summed E-state index contributed by atoms with van der Waals surface area (Å²) < 4.78 is 78.5. The number of carbonyl (C=O) groups is 1. The van der Waals surface area contributed by atoms with Crippen LogP contribution in [0.3, 0.4) is 0 Å². The van der Waals surface area contributed by atoms with E-state index in [1.165, 1.54) is 24.8 Å². The van der Waals surface area contributed by atoms with E-state index in [1.54, 1.807) is 0 Å². The molecule has 0 saturated carbocycles. The van der Waals surface area contributed by atoms with Gasteiger partial charge in [-0.2, -0.15) is 26.3 Å². The highest BCUT2D eigenvalue weighted by molar-refractivity contribution is 6.20. The number of rotatable bonds is 4. The van der Waals surface area contributed by atoms with Gasteiger partial charge < -0.3 is 5.11 Å². The molecule has 0 amide bonds. The third kappa shape index (κ3) is 5.21. The number of aromatic nitrogens is 4. The lowest BCUT2D eigenvalue weighted by Crippen LogP contribution is -2.11. The van der Waals surface area contributed by atoms with Gasteiger partial charge in [0.15, 0.2) is 5.82 Å². The summed E-state index contributed by atoms with van der Waals surface area (Å²) >= 11 is 0. The Morgan fingerprint density at radius 3 is 2.03 bits per heavy atom. The summed E-state index contributed by atoms with van der Waals surface area (Å²) in [4.78, 5) is 26.6. The molecule has 2 aromatic heterocycles. The second kappa shape index (κ2) is 8.13. The molecule has 3 aromatic rings. The van der Waals surface area contributed by atoms with Crippen LogP contribution in [-0.4, -0.2) is 31.0 Å². The Kier molecular flexibility index (Phi) is 5.73. The van der Waals surface area contributed by atoms with Crippen LogP contribution in [0.1, 0.15) is 22.4 Å². The molecule has 1 aromatic carbocycles. The average Bonchev–Trinajstić information content (AvgIpc) is 2.71. The molecule has 0 radical (unpaired) electrons. The second-order valence-corrected chi connectivity index (χ2v) is 6.09. The van der Waals surface area contributed by atoms with Gasteiger partial charge in [0.2, 0.25) is 0 Å². The number of hydrogen-bond acceptors (Lipinski definition) is 5. The van der Waals surface area contributed by atoms with E-state index in [9.17, 15) is 36.2 Å². The molecule has 0 saturated heterocycles. The number of hydrogen-bond donors (Lipinski definition) is 1. The minimum atomic E-state index is -5.03. The number of halogens is 6. The Hall–Kier alpha value is -3.83. The Bertz CT molecular complexity index is 1110. The maximum Gasteiger partial charge on any atom is 0.416 e. The van der Waals surface area contributed by atoms with E-state index in [1.807, 2.05) is 0 Å². The van der Waals surface area contributed by atoms with E-state index in [0.717, 1.165) is 12.3 Å². The van der Waals surface area contributed by atoms with Crippen molar-refractivity contribution in [3.63, 3.8) is 0 Å². The first kappa shape index (κ1) is 21.9. The molecule has 0 fully saturated rings. The summed E-state index contributed by atoms with van der Waals surface area (Å²) in [6.07, 6.45) is -4.28. The SMILES string of the molecule is O=C(O)/C(=C/c1ccnc(-c2cc(C(F)(F)F)cc(C(F)(F)F)c2)n1)c1cncnc1. The first-order valence-corrected chi connectivity index (χ1v) is 8.28. The van der Waals surface area contributed by atoms with Crippen LogP contribution >= 0.6 is 0 Å². The van der Waals surface area contributed by atoms with Gasteiger partial charge in [0.1, 0.15) is 6.33 Å². The summed E-state index contributed by atoms with van der Waals surface area (Å²) in [6, 6.07) is 2.21. The molecule has 0 unspecified atom stereocenters. The van der Waals surface area contributed by atoms with E-state index in [-0.39, 0.29) is 22.9 Å². The van der Waals surface area contributed by atoms with Crippen molar-refractivity contribution in [2.45, 2.75) is 12.4 Å². The Morgan fingerprint density at radius 1 is 0.935 bits per heavy atom. The molecular formula is C19H10F6N4O2. The molecule has 3 rings (SSSR count). The van der Waals surface area contributed by atoms with Gasteiger partial charge in [-0.05, 0) is 30.3 Å². The van der Waals surface area contributed by atoms with E-state index in [4.69, 9.17) is 0 Å². The molecule has 0 atom stereocenters. The van der Waals surface area contributed by atoms with Crippen molar-refractivity contribution in [2.24, 2.45) is 0 Å². The lowest BCUT2D eigenvalue weighted by molar-refractivity contribution is -0.143. The van der Waals surface area contributed by atoms with Crippen molar-refractivity contribution in [1.29, 1.82) is 0 Å². The van der Waals surface area contributed by atoms with Gasteiger partial charge >= 0.3 is 18.3 Å². The second-order valence-electron chi connectivity index (χ2n) is 6.09. The Labute approximate surface area is 170 Å². The maximum atomic E-state index is 13.1. The van der Waals surface area contributed by atoms with Crippen molar-refractivity contribution in [3.8, 4) is 11.4 Å². The molecular weight excluding hydrogens is 430 g/mol. The van der Waals surface area contributed by atoms with Crippen LogP contribution in [0.4, 0.5) is 26.3 Å². The third-order valence-corrected chi connectivity index (χ3v) is 3.92. The molecule has 0 aliphatic rings. The number of benzene rings is 1. The molecule has 1 N–H and O–H groups in total. The van der Waals surface area contributed by atoms with Gasteiger partial charge in [0.25, 0.3) is 0 Å². The summed E-state index contributed by atoms with van der Waals surface area (Å²) in [5, 5.41) is 9.41. The summed E-state index contributed by atoms with van der Waals surface area (Å²) in [7, 11) is 0. The van der Waals surface area contributed by atoms with Gasteiger partial charge in [-0.25, -0.2) is 24.7 Å². The number of aliphatic carboxylic acids is 1. The molecule has 0 aliphatic heterocycles. The topological polar surface area (TPSA) is 88.9 Å². The zero-order chi connectivity index (χ0) is 22.8. The Morgan fingerprint density at radius 2 is 1.52 bits per heavy atom. The van der Waals surface area contributed by atoms with E-state index >= 15 is 0 Å². The fraction of sp³-hybridized carbons (Fsp3) is 0.105. The first-order valence-electron chi connectivity index (χ1n) is 8.28. The molecule has 12 heteroatoms. The minimum Gasteiger partial charge on any atom is -0.478 e. The van der Waals surface area contributed by atoms with Gasteiger partial charge in [-0.3, -0.25) is 0 Å². The van der Waals surface area contributed by atoms with Crippen LogP contribution < -0.4 is 0 Å². The van der Waals surface area contributed by atoms with Crippen molar-refractivity contribution in [2.75, 3.05) is 0 Å². The number of carboxylic acids is 1. The lowest BCUT2D eigenvalue weighted by Gasteiger charge is -2.13. The molecule has 31 heavy (non-hydrogen) atoms. The molecule has 0 aliphatic carbocycles. The van der Waals surface area contributed by atoms with Gasteiger partial charge in [0.05, 0.1) is 22.4 Å². The summed E-state index contributed by atoms with van der Waals surface area (Å²) in [5.74, 6) is -1.81. The smallest absolute Gasteiger partial charge is 0.416 e. The first-order chi connectivity index (χ1) is 14.4. The van der Waals surface area contributed by atoms with E-state index in [2.05, 4.69) is 19.9 Å². The summed E-state index contributed by atoms with van der Waals surface area (Å²) in [5.41, 5.74) is -3.79. The molecule has 0 spiro atoms. The monoisotopic (exact) mass is 440 g/mol. The lowest BCUT2D eigenvalue weighted by atomic mass is 10.0. The van der Waals surface area contributed by atoms with E-state index in [0.29, 0.717) is 12.1 Å². The predicted molar refractivity (Wildman–Crippen MR) is 95.0 cm³/mol. The summed E-state index contributed by atoms with van der Waals surface area (Å²) in [6.45, 7) is 0. The van der Waals surface area contributed by atoms with Crippen LogP contribution in [-0.2, 0) is 17.1 Å². The zero-order valence-corrected chi connectivity index (χ0v) is 15.1. The van der Waals surface area contributed by atoms with Crippen LogP contribution in [0.2, 0.25) is 0 Å². The van der Waals surface area contributed by atoms with Crippen molar-refractivity contribution in [1.82, 2.24) is 19.9 Å². The molecule has 0 bridgehead atoms. The van der Waals surface area contributed by atoms with Crippen LogP contribution in [0.15, 0.2) is 49.2 Å². The molecule has 2 heterocycles. The largest absolute Gasteiger partial charge is 0.478 e. The zero-order valence-electron chi connectivity index (χ0n) is 15.1. The van der Waals surface area contributed by atoms with Gasteiger partial charge in [0, 0.05) is 29.7 Å². The fourth-order valence-electron chi connectivity index (χ4n) is 2.53. The quantitative estimate of drug-likeness (QED) is 0.471. The normalized spacial score (nSPS) is 12.6. The molecule has 160 valence electrons. The van der Waals surface area contributed by atoms with Crippen molar-refractivity contribution >= 4 is 17.6 Å². The highest BCUT2D eigenvalue weighted by Crippen LogP contribution is 2.38. The fourth-order valence-corrected chi connectivity index (χ4v) is 2.53. The number of alkyl halides is 6. The van der Waals surface area contributed by atoms with E-state index < -0.39 is 40.8 Å². The highest BCUT2D eigenvalue weighted by atomic mass is 19.4. The van der Waals surface area contributed by atoms with Crippen molar-refractivity contribution < 1.29 is 36.2 Å². The van der Waals surface area contributed by atoms with Crippen LogP contribution in [0.5, 0.6) is 0 Å². The Balaban J connectivity index is 2.12. The predicted octanol–water partition coefficient (Wildman–Crippen LogP) is 4.60. The third-order valence-electron chi connectivity index (χ3n) is 3.92. The van der Waals surface area contributed by atoms with Gasteiger partial charge in [-0.1, -0.05) is 0 Å². The minimum absolute atomic E-state index is 0.00874. The average molecular weight is 440 g/mol. The van der Waals surface area contributed by atoms with Crippen LogP contribution in [0.25, 0.3) is 23.0 Å². The number of carboxylic acid groups (broad SMARTS) is 1. The maximum absolute atomic E-state index is 13.1. The highest BCUT2D eigenvalue weighted by Gasteiger charge is 2.37. The van der Waals surface area contributed by atoms with Crippen molar-refractivity contribution in [3.05, 3.63) is 71.6 Å². The molecule has 6 nitrogen and oxygen atoms in total. The standard InChI is InChI=1S/C19H10F6N4O2/c20-18(21,22)12-3-10(4-13(5-12)19(23,24)25)16-28-2-1-14(29-16)6-15(17(30)31)11-7-26-9-27-8-11/h1-9H,(H,30,31)/b15-6+. The number of nitrogens with zero attached hydrogens (tertiary/aromatic N) is 4. The van der Waals surface area contributed by atoms with Gasteiger partial charge in [-0.15, -0.1) is 0 Å².